The van der Waals surface area contributed by atoms with Gasteiger partial charge in [-0.05, 0) is 11.6 Å². The van der Waals surface area contributed by atoms with Gasteiger partial charge in [-0.1, -0.05) is 18.2 Å². The van der Waals surface area contributed by atoms with E-state index in [-0.39, 0.29) is 5.43 Å². The van der Waals surface area contributed by atoms with Crippen LogP contribution in [0, 0.1) is 0 Å². The van der Waals surface area contributed by atoms with Crippen LogP contribution in [0.5, 0.6) is 5.75 Å². The minimum atomic E-state index is -0.0919. The highest BCUT2D eigenvalue weighted by atomic mass is 16.5. The van der Waals surface area contributed by atoms with Crippen molar-refractivity contribution in [2.75, 3.05) is 14.2 Å². The average Bonchev–Trinajstić information content (AvgIpc) is 2.75. The first-order valence-corrected chi connectivity index (χ1v) is 9.13. The number of aromatic nitrogens is 4. The molecule has 0 atom stereocenters. The van der Waals surface area contributed by atoms with E-state index in [0.717, 1.165) is 16.8 Å². The van der Waals surface area contributed by atoms with Crippen LogP contribution in [-0.2, 0) is 6.42 Å². The summed E-state index contributed by atoms with van der Waals surface area (Å²) >= 11 is 0. The second kappa shape index (κ2) is 8.05. The minimum absolute atomic E-state index is 0.0919. The lowest BCUT2D eigenvalue weighted by Gasteiger charge is -2.17. The first-order valence-electron chi connectivity index (χ1n) is 9.13. The van der Waals surface area contributed by atoms with Gasteiger partial charge in [0.1, 0.15) is 5.69 Å². The molecule has 0 amide bonds. The zero-order chi connectivity index (χ0) is 20.2. The molecule has 29 heavy (non-hydrogen) atoms. The van der Waals surface area contributed by atoms with Gasteiger partial charge in [-0.25, -0.2) is 14.6 Å². The summed E-state index contributed by atoms with van der Waals surface area (Å²) in [7, 11) is 3.43. The molecule has 1 aliphatic heterocycles. The van der Waals surface area contributed by atoms with Gasteiger partial charge in [0.15, 0.2) is 11.6 Å². The Balaban J connectivity index is 1.61. The van der Waals surface area contributed by atoms with Crippen LogP contribution in [0.25, 0.3) is 17.1 Å². The Hall–Kier alpha value is -3.81. The summed E-state index contributed by atoms with van der Waals surface area (Å²) in [5.74, 6) is 1.20. The summed E-state index contributed by atoms with van der Waals surface area (Å²) in [6.45, 7) is 0. The average molecular weight is 388 g/mol. The molecule has 0 bridgehead atoms. The number of methoxy groups -OCH3 is 1. The Morgan fingerprint density at radius 3 is 2.76 bits per heavy atom. The number of nitrogens with zero attached hydrogens (tertiary/aromatic N) is 6. The third-order valence-corrected chi connectivity index (χ3v) is 4.49. The van der Waals surface area contributed by atoms with Crippen LogP contribution >= 0.6 is 0 Å². The van der Waals surface area contributed by atoms with E-state index in [0.29, 0.717) is 30.1 Å². The number of ether oxygens (including phenoxy) is 1. The zero-order valence-corrected chi connectivity index (χ0v) is 16.2. The highest BCUT2D eigenvalue weighted by Crippen LogP contribution is 2.19. The molecule has 0 spiro atoms. The van der Waals surface area contributed by atoms with Crippen molar-refractivity contribution in [2.45, 2.75) is 12.8 Å². The van der Waals surface area contributed by atoms with Crippen LogP contribution in [0.2, 0.25) is 0 Å². The first kappa shape index (κ1) is 18.5. The van der Waals surface area contributed by atoms with Gasteiger partial charge in [0.05, 0.1) is 25.2 Å². The molecule has 4 rings (SSSR count). The Morgan fingerprint density at radius 1 is 1.17 bits per heavy atom. The molecule has 3 aromatic rings. The highest BCUT2D eigenvalue weighted by molar-refractivity contribution is 5.72. The Morgan fingerprint density at radius 2 is 2.00 bits per heavy atom. The highest BCUT2D eigenvalue weighted by Gasteiger charge is 2.10. The van der Waals surface area contributed by atoms with E-state index in [9.17, 15) is 4.79 Å². The van der Waals surface area contributed by atoms with Gasteiger partial charge >= 0.3 is 0 Å². The molecule has 0 saturated carbocycles. The molecular weight excluding hydrogens is 368 g/mol. The second-order valence-corrected chi connectivity index (χ2v) is 6.59. The van der Waals surface area contributed by atoms with E-state index >= 15 is 0 Å². The number of allylic oxidation sites excluding steroid dienone is 1. The van der Waals surface area contributed by atoms with Gasteiger partial charge in [-0.2, -0.15) is 10.2 Å². The first-order chi connectivity index (χ1) is 14.1. The van der Waals surface area contributed by atoms with Crippen molar-refractivity contribution in [1.82, 2.24) is 24.8 Å². The predicted molar refractivity (Wildman–Crippen MR) is 110 cm³/mol. The van der Waals surface area contributed by atoms with Crippen molar-refractivity contribution in [3.8, 4) is 17.1 Å². The molecule has 2 aromatic heterocycles. The SMILES string of the molecule is COc1cnc(-c2cccc(Cc3nn(C4=CN(C)N=CC4)ccc3=O)c2)nc1. The van der Waals surface area contributed by atoms with Gasteiger partial charge < -0.3 is 4.74 Å². The van der Waals surface area contributed by atoms with Crippen LogP contribution in [0.3, 0.4) is 0 Å². The van der Waals surface area contributed by atoms with Crippen molar-refractivity contribution in [2.24, 2.45) is 5.10 Å². The second-order valence-electron chi connectivity index (χ2n) is 6.59. The monoisotopic (exact) mass is 388 g/mol. The maximum absolute atomic E-state index is 12.4. The maximum Gasteiger partial charge on any atom is 0.203 e. The van der Waals surface area contributed by atoms with Crippen molar-refractivity contribution in [3.63, 3.8) is 0 Å². The van der Waals surface area contributed by atoms with Crippen molar-refractivity contribution >= 4 is 11.9 Å². The molecular formula is C21H20N6O2. The topological polar surface area (TPSA) is 85.5 Å². The van der Waals surface area contributed by atoms with Crippen LogP contribution in [0.15, 0.2) is 65.0 Å². The number of hydrogen-bond donors (Lipinski definition) is 0. The molecule has 1 aromatic carbocycles. The zero-order valence-electron chi connectivity index (χ0n) is 16.2. The van der Waals surface area contributed by atoms with Gasteiger partial charge in [0.25, 0.3) is 0 Å². The largest absolute Gasteiger partial charge is 0.494 e. The van der Waals surface area contributed by atoms with Gasteiger partial charge in [-0.15, -0.1) is 0 Å². The van der Waals surface area contributed by atoms with Crippen molar-refractivity contribution in [1.29, 1.82) is 0 Å². The third kappa shape index (κ3) is 4.21. The fourth-order valence-corrected chi connectivity index (χ4v) is 3.03. The van der Waals surface area contributed by atoms with E-state index in [1.807, 2.05) is 43.7 Å². The van der Waals surface area contributed by atoms with Crippen molar-refractivity contribution in [3.05, 3.63) is 76.6 Å². The Labute approximate surface area is 167 Å². The number of hydrazone groups is 1. The molecule has 8 nitrogen and oxygen atoms in total. The van der Waals surface area contributed by atoms with E-state index in [1.165, 1.54) is 0 Å². The van der Waals surface area contributed by atoms with Crippen molar-refractivity contribution < 1.29 is 4.74 Å². The summed E-state index contributed by atoms with van der Waals surface area (Å²) in [4.78, 5) is 21.0. The standard InChI is InChI=1S/C21H20N6O2/c1-26-14-17(6-8-24-26)27-9-7-20(28)19(25-27)11-15-4-3-5-16(10-15)21-22-12-18(29-2)13-23-21/h3-5,7-10,12-14H,6,11H2,1-2H3. The molecule has 146 valence electrons. The van der Waals surface area contributed by atoms with Crippen LogP contribution in [0.1, 0.15) is 17.7 Å². The van der Waals surface area contributed by atoms with E-state index in [1.54, 1.807) is 41.5 Å². The molecule has 3 heterocycles. The van der Waals surface area contributed by atoms with Gasteiger partial charge in [0.2, 0.25) is 5.43 Å². The number of hydrogen-bond acceptors (Lipinski definition) is 7. The molecule has 0 N–H and O–H groups in total. The summed E-state index contributed by atoms with van der Waals surface area (Å²) in [5, 5.41) is 10.4. The summed E-state index contributed by atoms with van der Waals surface area (Å²) in [5.41, 5.74) is 3.16. The molecule has 8 heteroatoms. The lowest BCUT2D eigenvalue weighted by Crippen LogP contribution is -2.19. The Kier molecular flexibility index (Phi) is 5.15. The normalized spacial score (nSPS) is 13.3. The summed E-state index contributed by atoms with van der Waals surface area (Å²) < 4.78 is 6.83. The smallest absolute Gasteiger partial charge is 0.203 e. The number of rotatable bonds is 5. The van der Waals surface area contributed by atoms with E-state index < -0.39 is 0 Å². The minimum Gasteiger partial charge on any atom is -0.494 e. The molecule has 0 saturated heterocycles. The molecule has 0 radical (unpaired) electrons. The lowest BCUT2D eigenvalue weighted by atomic mass is 10.1. The summed E-state index contributed by atoms with van der Waals surface area (Å²) in [6, 6.07) is 9.34. The third-order valence-electron chi connectivity index (χ3n) is 4.49. The quantitative estimate of drug-likeness (QED) is 0.667. The van der Waals surface area contributed by atoms with Gasteiger partial charge in [-0.3, -0.25) is 9.80 Å². The molecule has 0 aliphatic carbocycles. The molecule has 0 fully saturated rings. The molecule has 1 aliphatic rings. The summed E-state index contributed by atoms with van der Waals surface area (Å²) in [6.07, 6.45) is 9.72. The van der Waals surface area contributed by atoms with E-state index in [4.69, 9.17) is 4.74 Å². The van der Waals surface area contributed by atoms with E-state index in [2.05, 4.69) is 20.2 Å². The van der Waals surface area contributed by atoms with Crippen LogP contribution < -0.4 is 10.2 Å². The fourth-order valence-electron chi connectivity index (χ4n) is 3.03. The fraction of sp³-hybridized carbons (Fsp3) is 0.190. The van der Waals surface area contributed by atoms with Crippen LogP contribution in [0.4, 0.5) is 0 Å². The lowest BCUT2D eigenvalue weighted by molar-refractivity contribution is 0.411. The maximum atomic E-state index is 12.4. The van der Waals surface area contributed by atoms with Gasteiger partial charge in [0, 0.05) is 50.1 Å². The molecule has 0 unspecified atom stereocenters. The predicted octanol–water partition coefficient (Wildman–Crippen LogP) is 2.42. The van der Waals surface area contributed by atoms with Crippen LogP contribution in [-0.4, -0.2) is 45.1 Å². The Bertz CT molecular complexity index is 1130. The number of benzene rings is 1.